The Morgan fingerprint density at radius 2 is 1.76 bits per heavy atom. The number of ether oxygens (including phenoxy) is 2. The standard InChI is InChI=1S/C9H3F4NO3/c10-8(11)9(12,13)17-7-5(14-4-15)2-1-3-6(7)16-8/h1-3H. The molecule has 0 spiro atoms. The van der Waals surface area contributed by atoms with E-state index in [1.165, 1.54) is 6.07 Å². The van der Waals surface area contributed by atoms with Crippen LogP contribution in [0.25, 0.3) is 0 Å². The number of benzene rings is 1. The van der Waals surface area contributed by atoms with E-state index in [1.807, 2.05) is 0 Å². The molecule has 8 heteroatoms. The molecular weight excluding hydrogens is 246 g/mol. The second kappa shape index (κ2) is 3.46. The van der Waals surface area contributed by atoms with Crippen molar-refractivity contribution in [2.24, 2.45) is 4.99 Å². The van der Waals surface area contributed by atoms with Gasteiger partial charge in [-0.15, -0.1) is 0 Å². The molecule has 0 radical (unpaired) electrons. The van der Waals surface area contributed by atoms with Gasteiger partial charge in [-0.1, -0.05) is 6.07 Å². The quantitative estimate of drug-likeness (QED) is 0.436. The minimum atomic E-state index is -4.84. The van der Waals surface area contributed by atoms with E-state index in [0.29, 0.717) is 0 Å². The van der Waals surface area contributed by atoms with Gasteiger partial charge in [0.05, 0.1) is 0 Å². The molecule has 0 aromatic heterocycles. The minimum absolute atomic E-state index is 0.368. The van der Waals surface area contributed by atoms with E-state index >= 15 is 0 Å². The molecule has 1 aliphatic rings. The lowest BCUT2D eigenvalue weighted by molar-refractivity contribution is -0.391. The fraction of sp³-hybridized carbons (Fsp3) is 0.222. The summed E-state index contributed by atoms with van der Waals surface area (Å²) >= 11 is 0. The molecule has 2 rings (SSSR count). The van der Waals surface area contributed by atoms with Crippen molar-refractivity contribution < 1.29 is 31.8 Å². The van der Waals surface area contributed by atoms with Crippen molar-refractivity contribution in [3.63, 3.8) is 0 Å². The van der Waals surface area contributed by atoms with Crippen LogP contribution in [-0.2, 0) is 4.79 Å². The molecule has 0 N–H and O–H groups in total. The van der Waals surface area contributed by atoms with E-state index in [4.69, 9.17) is 0 Å². The van der Waals surface area contributed by atoms with E-state index in [-0.39, 0.29) is 5.69 Å². The van der Waals surface area contributed by atoms with E-state index in [2.05, 4.69) is 14.5 Å². The van der Waals surface area contributed by atoms with Gasteiger partial charge in [0.25, 0.3) is 0 Å². The predicted molar refractivity (Wildman–Crippen MR) is 45.4 cm³/mol. The number of halogens is 4. The van der Waals surface area contributed by atoms with Crippen molar-refractivity contribution in [3.8, 4) is 11.5 Å². The van der Waals surface area contributed by atoms with Crippen LogP contribution in [0.4, 0.5) is 23.2 Å². The van der Waals surface area contributed by atoms with Crippen molar-refractivity contribution >= 4 is 11.8 Å². The van der Waals surface area contributed by atoms with Crippen molar-refractivity contribution in [1.82, 2.24) is 0 Å². The third-order valence-corrected chi connectivity index (χ3v) is 1.93. The molecule has 0 unspecified atom stereocenters. The molecule has 90 valence electrons. The van der Waals surface area contributed by atoms with Gasteiger partial charge >= 0.3 is 12.2 Å². The summed E-state index contributed by atoms with van der Waals surface area (Å²) in [4.78, 5) is 13.1. The number of isocyanates is 1. The van der Waals surface area contributed by atoms with Crippen LogP contribution in [0, 0.1) is 0 Å². The second-order valence-electron chi connectivity index (χ2n) is 3.05. The Morgan fingerprint density at radius 3 is 2.41 bits per heavy atom. The van der Waals surface area contributed by atoms with Gasteiger partial charge in [0.2, 0.25) is 6.08 Å². The number of nitrogens with zero attached hydrogens (tertiary/aromatic N) is 1. The molecule has 1 aromatic rings. The number of fused-ring (bicyclic) bond motifs is 1. The smallest absolute Gasteiger partial charge is 0.421 e. The summed E-state index contributed by atoms with van der Waals surface area (Å²) in [7, 11) is 0. The summed E-state index contributed by atoms with van der Waals surface area (Å²) in [5.74, 6) is -1.36. The zero-order chi connectivity index (χ0) is 12.7. The Balaban J connectivity index is 2.56. The average molecular weight is 249 g/mol. The molecule has 0 fully saturated rings. The Labute approximate surface area is 91.5 Å². The van der Waals surface area contributed by atoms with Gasteiger partial charge in [0.1, 0.15) is 5.69 Å². The fourth-order valence-electron chi connectivity index (χ4n) is 1.21. The SMILES string of the molecule is O=C=Nc1cccc2c1OC(F)(F)C(F)(F)O2. The van der Waals surface area contributed by atoms with E-state index in [1.54, 1.807) is 0 Å². The number of hydrogen-bond acceptors (Lipinski definition) is 4. The van der Waals surface area contributed by atoms with Gasteiger partial charge in [0.15, 0.2) is 11.5 Å². The van der Waals surface area contributed by atoms with Crippen LogP contribution in [0.15, 0.2) is 23.2 Å². The highest BCUT2D eigenvalue weighted by atomic mass is 19.3. The molecule has 0 aliphatic carbocycles. The lowest BCUT2D eigenvalue weighted by atomic mass is 10.2. The lowest BCUT2D eigenvalue weighted by Gasteiger charge is -2.32. The maximum absolute atomic E-state index is 12.8. The highest BCUT2D eigenvalue weighted by Crippen LogP contribution is 2.50. The number of carbonyl (C=O) groups excluding carboxylic acids is 1. The van der Waals surface area contributed by atoms with Crippen molar-refractivity contribution in [2.45, 2.75) is 12.2 Å². The number of para-hydroxylation sites is 1. The van der Waals surface area contributed by atoms with E-state index in [0.717, 1.165) is 18.2 Å². The van der Waals surface area contributed by atoms with Gasteiger partial charge in [-0.25, -0.2) is 4.79 Å². The zero-order valence-electron chi connectivity index (χ0n) is 7.92. The molecule has 0 amide bonds. The Kier molecular flexibility index (Phi) is 2.32. The number of hydrogen-bond donors (Lipinski definition) is 0. The van der Waals surface area contributed by atoms with E-state index < -0.39 is 23.7 Å². The summed E-state index contributed by atoms with van der Waals surface area (Å²) in [6.45, 7) is 0. The monoisotopic (exact) mass is 249 g/mol. The van der Waals surface area contributed by atoms with Gasteiger partial charge in [-0.3, -0.25) is 0 Å². The van der Waals surface area contributed by atoms with Crippen molar-refractivity contribution in [1.29, 1.82) is 0 Å². The highest BCUT2D eigenvalue weighted by molar-refractivity contribution is 5.64. The largest absolute Gasteiger partial charge is 0.507 e. The molecule has 0 bridgehead atoms. The normalized spacial score (nSPS) is 19.3. The zero-order valence-corrected chi connectivity index (χ0v) is 7.92. The molecule has 0 saturated carbocycles. The molecule has 1 aromatic carbocycles. The third-order valence-electron chi connectivity index (χ3n) is 1.93. The summed E-state index contributed by atoms with van der Waals surface area (Å²) < 4.78 is 58.9. The number of rotatable bonds is 1. The lowest BCUT2D eigenvalue weighted by Crippen LogP contribution is -2.52. The Hall–Kier alpha value is -2.08. The number of alkyl halides is 4. The summed E-state index contributed by atoms with van der Waals surface area (Å²) in [5.41, 5.74) is -0.368. The summed E-state index contributed by atoms with van der Waals surface area (Å²) in [6, 6.07) is 3.30. The fourth-order valence-corrected chi connectivity index (χ4v) is 1.21. The van der Waals surface area contributed by atoms with Gasteiger partial charge in [-0.2, -0.15) is 22.6 Å². The molecule has 1 aliphatic heterocycles. The first-order chi connectivity index (χ1) is 7.87. The second-order valence-corrected chi connectivity index (χ2v) is 3.05. The van der Waals surface area contributed by atoms with Gasteiger partial charge in [-0.05, 0) is 12.1 Å². The van der Waals surface area contributed by atoms with Crippen LogP contribution in [0.3, 0.4) is 0 Å². The molecule has 17 heavy (non-hydrogen) atoms. The summed E-state index contributed by atoms with van der Waals surface area (Å²) in [5, 5.41) is 0. The minimum Gasteiger partial charge on any atom is -0.421 e. The maximum Gasteiger partial charge on any atom is 0.507 e. The van der Waals surface area contributed by atoms with Gasteiger partial charge < -0.3 is 9.47 Å². The Bertz CT molecular complexity index is 511. The molecule has 1 heterocycles. The van der Waals surface area contributed by atoms with Crippen LogP contribution >= 0.6 is 0 Å². The predicted octanol–water partition coefficient (Wildman–Crippen LogP) is 2.61. The highest BCUT2D eigenvalue weighted by Gasteiger charge is 2.66. The average Bonchev–Trinajstić information content (AvgIpc) is 2.21. The van der Waals surface area contributed by atoms with Crippen LogP contribution in [-0.4, -0.2) is 18.3 Å². The van der Waals surface area contributed by atoms with Crippen LogP contribution in [0.1, 0.15) is 0 Å². The first-order valence-corrected chi connectivity index (χ1v) is 4.22. The van der Waals surface area contributed by atoms with Crippen molar-refractivity contribution in [2.75, 3.05) is 0 Å². The van der Waals surface area contributed by atoms with Crippen LogP contribution in [0.2, 0.25) is 0 Å². The molecule has 4 nitrogen and oxygen atoms in total. The summed E-state index contributed by atoms with van der Waals surface area (Å²) in [6.07, 6.45) is -8.54. The van der Waals surface area contributed by atoms with Gasteiger partial charge in [0, 0.05) is 0 Å². The molecule has 0 atom stereocenters. The topological polar surface area (TPSA) is 47.9 Å². The van der Waals surface area contributed by atoms with Crippen molar-refractivity contribution in [3.05, 3.63) is 18.2 Å². The van der Waals surface area contributed by atoms with Crippen LogP contribution in [0.5, 0.6) is 11.5 Å². The molecular formula is C9H3F4NO3. The first-order valence-electron chi connectivity index (χ1n) is 4.22. The van der Waals surface area contributed by atoms with Crippen LogP contribution < -0.4 is 9.47 Å². The Morgan fingerprint density at radius 1 is 1.12 bits per heavy atom. The maximum atomic E-state index is 12.8. The van der Waals surface area contributed by atoms with E-state index in [9.17, 15) is 22.4 Å². The third kappa shape index (κ3) is 1.72. The molecule has 0 saturated heterocycles. The first kappa shape index (κ1) is 11.4. The number of aliphatic imine (C=N–C) groups is 1.